The third-order valence-electron chi connectivity index (χ3n) is 5.35. The van der Waals surface area contributed by atoms with Crippen molar-refractivity contribution in [3.05, 3.63) is 90.0 Å². The number of aromatic hydroxyl groups is 1. The number of fused-ring (bicyclic) bond motifs is 1. The van der Waals surface area contributed by atoms with Gasteiger partial charge >= 0.3 is 0 Å². The number of aliphatic imine (C=N–C) groups is 1. The Morgan fingerprint density at radius 2 is 1.69 bits per heavy atom. The molecule has 0 aliphatic heterocycles. The van der Waals surface area contributed by atoms with Gasteiger partial charge < -0.3 is 20.3 Å². The fourth-order valence-corrected chi connectivity index (χ4v) is 3.60. The lowest BCUT2D eigenvalue weighted by molar-refractivity contribution is -0.117. The van der Waals surface area contributed by atoms with Gasteiger partial charge in [0.1, 0.15) is 0 Å². The molecule has 6 nitrogen and oxygen atoms in total. The SMILES string of the molecule is CCNCC(=O)N(C)c1ccc(N=C(c2ccccc2)c2c(O)[nH]c3ccccc23)cc1. The first-order chi connectivity index (χ1) is 15.6. The summed E-state index contributed by atoms with van der Waals surface area (Å²) in [4.78, 5) is 21.8. The molecular weight excluding hydrogens is 400 g/mol. The number of amides is 1. The van der Waals surface area contributed by atoms with Crippen molar-refractivity contribution < 1.29 is 9.90 Å². The Balaban J connectivity index is 1.74. The third-order valence-corrected chi connectivity index (χ3v) is 5.35. The summed E-state index contributed by atoms with van der Waals surface area (Å²) in [6.07, 6.45) is 0. The van der Waals surface area contributed by atoms with Crippen molar-refractivity contribution in [1.82, 2.24) is 10.3 Å². The van der Waals surface area contributed by atoms with Crippen molar-refractivity contribution in [1.29, 1.82) is 0 Å². The predicted molar refractivity (Wildman–Crippen MR) is 130 cm³/mol. The van der Waals surface area contributed by atoms with Crippen LogP contribution in [0.1, 0.15) is 18.1 Å². The fraction of sp³-hybridized carbons (Fsp3) is 0.154. The van der Waals surface area contributed by atoms with Gasteiger partial charge in [-0.05, 0) is 36.9 Å². The largest absolute Gasteiger partial charge is 0.494 e. The minimum atomic E-state index is -0.00297. The Morgan fingerprint density at radius 3 is 2.41 bits per heavy atom. The van der Waals surface area contributed by atoms with E-state index in [0.717, 1.165) is 34.4 Å². The van der Waals surface area contributed by atoms with Crippen molar-refractivity contribution in [2.75, 3.05) is 25.0 Å². The summed E-state index contributed by atoms with van der Waals surface area (Å²) in [5.74, 6) is 0.0796. The predicted octanol–water partition coefficient (Wildman–Crippen LogP) is 4.61. The average molecular weight is 427 g/mol. The standard InChI is InChI=1S/C26H26N4O2/c1-3-27-17-23(31)30(2)20-15-13-19(14-16-20)28-25(18-9-5-4-6-10-18)24-21-11-7-8-12-22(21)29-26(24)32/h4-16,27,29,32H,3,17H2,1-2H3. The van der Waals surface area contributed by atoms with Gasteiger partial charge in [-0.3, -0.25) is 4.79 Å². The van der Waals surface area contributed by atoms with Crippen LogP contribution in [-0.4, -0.2) is 41.8 Å². The molecule has 4 aromatic rings. The van der Waals surface area contributed by atoms with E-state index in [1.165, 1.54) is 0 Å². The van der Waals surface area contributed by atoms with Crippen LogP contribution in [0.5, 0.6) is 5.88 Å². The van der Waals surface area contributed by atoms with E-state index in [1.807, 2.05) is 85.8 Å². The number of aromatic amines is 1. The van der Waals surface area contributed by atoms with Gasteiger partial charge in [-0.15, -0.1) is 0 Å². The molecule has 3 aromatic carbocycles. The second-order valence-electron chi connectivity index (χ2n) is 7.47. The second-order valence-corrected chi connectivity index (χ2v) is 7.47. The highest BCUT2D eigenvalue weighted by Gasteiger charge is 2.18. The van der Waals surface area contributed by atoms with Crippen LogP contribution in [0.25, 0.3) is 10.9 Å². The lowest BCUT2D eigenvalue weighted by Crippen LogP contribution is -2.35. The van der Waals surface area contributed by atoms with Crippen LogP contribution in [0, 0.1) is 0 Å². The summed E-state index contributed by atoms with van der Waals surface area (Å²) in [5.41, 5.74) is 4.60. The molecule has 32 heavy (non-hydrogen) atoms. The normalized spacial score (nSPS) is 11.6. The topological polar surface area (TPSA) is 80.7 Å². The molecule has 0 saturated carbocycles. The first-order valence-corrected chi connectivity index (χ1v) is 10.6. The third kappa shape index (κ3) is 4.40. The zero-order valence-corrected chi connectivity index (χ0v) is 18.2. The molecule has 0 aliphatic rings. The summed E-state index contributed by atoms with van der Waals surface area (Å²) in [6, 6.07) is 25.1. The van der Waals surface area contributed by atoms with Gasteiger partial charge in [0, 0.05) is 29.2 Å². The Morgan fingerprint density at radius 1 is 1.00 bits per heavy atom. The minimum Gasteiger partial charge on any atom is -0.494 e. The quantitative estimate of drug-likeness (QED) is 0.377. The number of hydrogen-bond acceptors (Lipinski definition) is 4. The molecule has 0 fully saturated rings. The number of hydrogen-bond donors (Lipinski definition) is 3. The molecule has 0 aliphatic carbocycles. The first kappa shape index (κ1) is 21.3. The molecule has 1 heterocycles. The average Bonchev–Trinajstić information content (AvgIpc) is 3.17. The van der Waals surface area contributed by atoms with Gasteiger partial charge in [-0.25, -0.2) is 4.99 Å². The number of anilines is 1. The molecule has 0 spiro atoms. The van der Waals surface area contributed by atoms with Gasteiger partial charge in [0.2, 0.25) is 5.91 Å². The van der Waals surface area contributed by atoms with E-state index < -0.39 is 0 Å². The first-order valence-electron chi connectivity index (χ1n) is 10.6. The molecule has 4 rings (SSSR count). The van der Waals surface area contributed by atoms with E-state index in [9.17, 15) is 9.90 Å². The summed E-state index contributed by atoms with van der Waals surface area (Å²) in [7, 11) is 1.76. The van der Waals surface area contributed by atoms with Gasteiger partial charge in [0.25, 0.3) is 0 Å². The van der Waals surface area contributed by atoms with Crippen LogP contribution >= 0.6 is 0 Å². The summed E-state index contributed by atoms with van der Waals surface area (Å²) < 4.78 is 0. The highest BCUT2D eigenvalue weighted by Crippen LogP contribution is 2.31. The number of rotatable bonds is 7. The number of benzene rings is 3. The Bertz CT molecular complexity index is 1240. The van der Waals surface area contributed by atoms with Crippen LogP contribution in [0.15, 0.2) is 83.9 Å². The maximum Gasteiger partial charge on any atom is 0.240 e. The van der Waals surface area contributed by atoms with Crippen molar-refractivity contribution >= 4 is 33.9 Å². The van der Waals surface area contributed by atoms with E-state index in [0.29, 0.717) is 17.8 Å². The van der Waals surface area contributed by atoms with E-state index >= 15 is 0 Å². The molecule has 0 unspecified atom stereocenters. The Kier molecular flexibility index (Phi) is 6.33. The van der Waals surface area contributed by atoms with Crippen molar-refractivity contribution in [3.8, 4) is 5.88 Å². The Hall–Kier alpha value is -3.90. The van der Waals surface area contributed by atoms with Crippen molar-refractivity contribution in [2.24, 2.45) is 4.99 Å². The molecular formula is C26H26N4O2. The summed E-state index contributed by atoms with van der Waals surface area (Å²) in [5, 5.41) is 14.7. The lowest BCUT2D eigenvalue weighted by atomic mass is 10.0. The zero-order chi connectivity index (χ0) is 22.5. The van der Waals surface area contributed by atoms with E-state index in [-0.39, 0.29) is 11.8 Å². The lowest BCUT2D eigenvalue weighted by Gasteiger charge is -2.17. The van der Waals surface area contributed by atoms with Crippen LogP contribution in [0.4, 0.5) is 11.4 Å². The van der Waals surface area contributed by atoms with Crippen LogP contribution < -0.4 is 10.2 Å². The molecule has 3 N–H and O–H groups in total. The number of nitrogens with one attached hydrogen (secondary N) is 2. The van der Waals surface area contributed by atoms with Crippen molar-refractivity contribution in [2.45, 2.75) is 6.92 Å². The van der Waals surface area contributed by atoms with E-state index in [1.54, 1.807) is 11.9 Å². The molecule has 0 saturated heterocycles. The van der Waals surface area contributed by atoms with Gasteiger partial charge in [-0.1, -0.05) is 55.5 Å². The maximum absolute atomic E-state index is 12.3. The van der Waals surface area contributed by atoms with E-state index in [2.05, 4.69) is 10.3 Å². The number of aromatic nitrogens is 1. The maximum atomic E-state index is 12.3. The summed E-state index contributed by atoms with van der Waals surface area (Å²) in [6.45, 7) is 3.01. The molecule has 1 amide bonds. The molecule has 0 radical (unpaired) electrons. The smallest absolute Gasteiger partial charge is 0.240 e. The van der Waals surface area contributed by atoms with Gasteiger partial charge in [-0.2, -0.15) is 0 Å². The molecule has 1 aromatic heterocycles. The monoisotopic (exact) mass is 426 g/mol. The van der Waals surface area contributed by atoms with Gasteiger partial charge in [0.05, 0.1) is 23.5 Å². The minimum absolute atomic E-state index is 0.00297. The summed E-state index contributed by atoms with van der Waals surface area (Å²) >= 11 is 0. The van der Waals surface area contributed by atoms with E-state index in [4.69, 9.17) is 4.99 Å². The number of para-hydroxylation sites is 1. The second kappa shape index (κ2) is 9.49. The fourth-order valence-electron chi connectivity index (χ4n) is 3.60. The van der Waals surface area contributed by atoms with Crippen LogP contribution in [-0.2, 0) is 4.79 Å². The number of nitrogens with zero attached hydrogens (tertiary/aromatic N) is 2. The highest BCUT2D eigenvalue weighted by atomic mass is 16.3. The molecule has 0 bridgehead atoms. The number of carbonyl (C=O) groups excluding carboxylic acids is 1. The van der Waals surface area contributed by atoms with Crippen LogP contribution in [0.2, 0.25) is 0 Å². The van der Waals surface area contributed by atoms with Crippen molar-refractivity contribution in [3.63, 3.8) is 0 Å². The molecule has 162 valence electrons. The zero-order valence-electron chi connectivity index (χ0n) is 18.2. The molecule has 6 heteroatoms. The molecule has 0 atom stereocenters. The van der Waals surface area contributed by atoms with Gasteiger partial charge in [0.15, 0.2) is 5.88 Å². The Labute approximate surface area is 187 Å². The van der Waals surface area contributed by atoms with Crippen LogP contribution in [0.3, 0.4) is 0 Å². The number of carbonyl (C=O) groups is 1. The highest BCUT2D eigenvalue weighted by molar-refractivity contribution is 6.21. The number of likely N-dealkylation sites (N-methyl/N-ethyl adjacent to an activating group) is 2. The number of H-pyrrole nitrogens is 1.